The van der Waals surface area contributed by atoms with Crippen LogP contribution in [0.3, 0.4) is 0 Å². The number of hydrogen-bond donors (Lipinski definition) is 0. The minimum Gasteiger partial charge on any atom is -0.305 e. The van der Waals surface area contributed by atoms with Crippen molar-refractivity contribution in [3.8, 4) is 11.4 Å². The van der Waals surface area contributed by atoms with Crippen molar-refractivity contribution in [1.82, 2.24) is 25.3 Å². The van der Waals surface area contributed by atoms with Crippen LogP contribution in [0.5, 0.6) is 0 Å². The molecule has 0 amide bonds. The summed E-state index contributed by atoms with van der Waals surface area (Å²) in [6.07, 6.45) is 1.32. The molecule has 2 rings (SSSR count). The molecule has 5 heteroatoms. The first-order valence-corrected chi connectivity index (χ1v) is 5.00. The maximum absolute atomic E-state index is 3.91. The SMILES string of the molecule is CN(C)Cc1ccc(-c2nncnn2)cc1. The first-order chi connectivity index (χ1) is 7.75. The van der Waals surface area contributed by atoms with E-state index >= 15 is 0 Å². The molecule has 0 unspecified atom stereocenters. The zero-order valence-corrected chi connectivity index (χ0v) is 9.33. The smallest absolute Gasteiger partial charge is 0.203 e. The van der Waals surface area contributed by atoms with Crippen molar-refractivity contribution in [3.05, 3.63) is 36.2 Å². The lowest BCUT2D eigenvalue weighted by atomic mass is 10.1. The molecule has 0 radical (unpaired) electrons. The van der Waals surface area contributed by atoms with Crippen LogP contribution in [-0.4, -0.2) is 39.4 Å². The molecule has 0 bridgehead atoms. The first kappa shape index (κ1) is 10.6. The third-order valence-corrected chi connectivity index (χ3v) is 2.12. The van der Waals surface area contributed by atoms with Crippen molar-refractivity contribution >= 4 is 0 Å². The summed E-state index contributed by atoms with van der Waals surface area (Å²) in [7, 11) is 4.09. The van der Waals surface area contributed by atoms with E-state index in [1.165, 1.54) is 11.9 Å². The van der Waals surface area contributed by atoms with Gasteiger partial charge in [0.15, 0.2) is 6.33 Å². The molecule has 0 aliphatic carbocycles. The van der Waals surface area contributed by atoms with E-state index in [0.717, 1.165) is 12.1 Å². The van der Waals surface area contributed by atoms with E-state index in [0.29, 0.717) is 5.82 Å². The normalized spacial score (nSPS) is 10.7. The molecule has 0 saturated heterocycles. The Balaban J connectivity index is 2.20. The van der Waals surface area contributed by atoms with E-state index in [4.69, 9.17) is 0 Å². The van der Waals surface area contributed by atoms with Gasteiger partial charge in [0.05, 0.1) is 0 Å². The van der Waals surface area contributed by atoms with Crippen molar-refractivity contribution in [2.24, 2.45) is 0 Å². The Morgan fingerprint density at radius 2 is 1.62 bits per heavy atom. The Morgan fingerprint density at radius 1 is 1.00 bits per heavy atom. The number of aromatic nitrogens is 4. The Bertz CT molecular complexity index is 438. The van der Waals surface area contributed by atoms with Gasteiger partial charge in [0.2, 0.25) is 5.82 Å². The van der Waals surface area contributed by atoms with Crippen molar-refractivity contribution in [3.63, 3.8) is 0 Å². The summed E-state index contributed by atoms with van der Waals surface area (Å²) in [6.45, 7) is 0.923. The van der Waals surface area contributed by atoms with Crippen molar-refractivity contribution in [2.45, 2.75) is 6.54 Å². The Kier molecular flexibility index (Phi) is 3.16. The van der Waals surface area contributed by atoms with Gasteiger partial charge < -0.3 is 4.90 Å². The average molecular weight is 215 g/mol. The summed E-state index contributed by atoms with van der Waals surface area (Å²) in [4.78, 5) is 2.12. The molecule has 0 saturated carbocycles. The Morgan fingerprint density at radius 3 is 2.19 bits per heavy atom. The largest absolute Gasteiger partial charge is 0.305 e. The number of rotatable bonds is 3. The third kappa shape index (κ3) is 2.58. The van der Waals surface area contributed by atoms with Gasteiger partial charge in [0, 0.05) is 12.1 Å². The minimum atomic E-state index is 0.555. The highest BCUT2D eigenvalue weighted by Crippen LogP contribution is 2.14. The summed E-state index contributed by atoms with van der Waals surface area (Å²) < 4.78 is 0. The van der Waals surface area contributed by atoms with Gasteiger partial charge in [-0.15, -0.1) is 20.4 Å². The van der Waals surface area contributed by atoms with Crippen LogP contribution >= 0.6 is 0 Å². The van der Waals surface area contributed by atoms with Crippen LogP contribution in [0, 0.1) is 0 Å². The molecular weight excluding hydrogens is 202 g/mol. The second kappa shape index (κ2) is 4.76. The molecule has 5 nitrogen and oxygen atoms in total. The highest BCUT2D eigenvalue weighted by atomic mass is 15.3. The van der Waals surface area contributed by atoms with Gasteiger partial charge in [-0.1, -0.05) is 24.3 Å². The fourth-order valence-corrected chi connectivity index (χ4v) is 1.44. The van der Waals surface area contributed by atoms with Crippen LogP contribution in [-0.2, 0) is 6.54 Å². The second-order valence-corrected chi connectivity index (χ2v) is 3.80. The lowest BCUT2D eigenvalue weighted by Gasteiger charge is -2.09. The average Bonchev–Trinajstić information content (AvgIpc) is 2.30. The molecule has 0 N–H and O–H groups in total. The predicted octanol–water partition coefficient (Wildman–Crippen LogP) is 0.995. The van der Waals surface area contributed by atoms with Gasteiger partial charge >= 0.3 is 0 Å². The van der Waals surface area contributed by atoms with Crippen LogP contribution in [0.25, 0.3) is 11.4 Å². The summed E-state index contributed by atoms with van der Waals surface area (Å²) >= 11 is 0. The molecule has 0 spiro atoms. The van der Waals surface area contributed by atoms with E-state index in [9.17, 15) is 0 Å². The summed E-state index contributed by atoms with van der Waals surface area (Å²) in [5, 5.41) is 15.2. The summed E-state index contributed by atoms with van der Waals surface area (Å²) in [5.41, 5.74) is 2.19. The van der Waals surface area contributed by atoms with Gasteiger partial charge in [-0.05, 0) is 19.7 Å². The fraction of sp³-hybridized carbons (Fsp3) is 0.273. The quantitative estimate of drug-likeness (QED) is 0.764. The van der Waals surface area contributed by atoms with Crippen molar-refractivity contribution in [2.75, 3.05) is 14.1 Å². The fourth-order valence-electron chi connectivity index (χ4n) is 1.44. The molecule has 0 atom stereocenters. The zero-order chi connectivity index (χ0) is 11.4. The van der Waals surface area contributed by atoms with Gasteiger partial charge in [0.25, 0.3) is 0 Å². The van der Waals surface area contributed by atoms with Gasteiger partial charge in [0.1, 0.15) is 0 Å². The van der Waals surface area contributed by atoms with Gasteiger partial charge in [-0.2, -0.15) is 0 Å². The highest BCUT2D eigenvalue weighted by Gasteiger charge is 2.01. The first-order valence-electron chi connectivity index (χ1n) is 5.00. The molecular formula is C11H13N5. The van der Waals surface area contributed by atoms with E-state index in [-0.39, 0.29) is 0 Å². The molecule has 0 fully saturated rings. The van der Waals surface area contributed by atoms with Crippen LogP contribution in [0.1, 0.15) is 5.56 Å². The predicted molar refractivity (Wildman–Crippen MR) is 60.4 cm³/mol. The lowest BCUT2D eigenvalue weighted by Crippen LogP contribution is -2.10. The van der Waals surface area contributed by atoms with E-state index < -0.39 is 0 Å². The van der Waals surface area contributed by atoms with Crippen LogP contribution in [0.2, 0.25) is 0 Å². The second-order valence-electron chi connectivity index (χ2n) is 3.80. The number of nitrogens with zero attached hydrogens (tertiary/aromatic N) is 5. The number of benzene rings is 1. The Labute approximate surface area is 94.2 Å². The monoisotopic (exact) mass is 215 g/mol. The topological polar surface area (TPSA) is 54.8 Å². The van der Waals surface area contributed by atoms with Crippen LogP contribution in [0.4, 0.5) is 0 Å². The molecule has 1 aromatic heterocycles. The lowest BCUT2D eigenvalue weighted by molar-refractivity contribution is 0.402. The zero-order valence-electron chi connectivity index (χ0n) is 9.33. The minimum absolute atomic E-state index is 0.555. The van der Waals surface area contributed by atoms with Gasteiger partial charge in [-0.25, -0.2) is 0 Å². The molecule has 0 aliphatic heterocycles. The van der Waals surface area contributed by atoms with Crippen molar-refractivity contribution < 1.29 is 0 Å². The van der Waals surface area contributed by atoms with Gasteiger partial charge in [-0.3, -0.25) is 0 Å². The van der Waals surface area contributed by atoms with Crippen LogP contribution < -0.4 is 0 Å². The van der Waals surface area contributed by atoms with Crippen LogP contribution in [0.15, 0.2) is 30.6 Å². The van der Waals surface area contributed by atoms with E-state index in [1.807, 2.05) is 26.2 Å². The van der Waals surface area contributed by atoms with E-state index in [2.05, 4.69) is 37.4 Å². The third-order valence-electron chi connectivity index (χ3n) is 2.12. The maximum atomic E-state index is 3.91. The highest BCUT2D eigenvalue weighted by molar-refractivity contribution is 5.53. The maximum Gasteiger partial charge on any atom is 0.203 e. The number of hydrogen-bond acceptors (Lipinski definition) is 5. The molecule has 1 aromatic carbocycles. The molecule has 82 valence electrons. The summed E-state index contributed by atoms with van der Waals surface area (Å²) in [6, 6.07) is 8.09. The Hall–Kier alpha value is -1.88. The molecule has 2 aromatic rings. The standard InChI is InChI=1S/C11H13N5/c1-16(2)7-9-3-5-10(6-4-9)11-14-12-8-13-15-11/h3-6,8H,7H2,1-2H3. The van der Waals surface area contributed by atoms with Crippen molar-refractivity contribution in [1.29, 1.82) is 0 Å². The molecule has 0 aliphatic rings. The molecule has 16 heavy (non-hydrogen) atoms. The molecule has 1 heterocycles. The van der Waals surface area contributed by atoms with E-state index in [1.54, 1.807) is 0 Å². The summed E-state index contributed by atoms with van der Waals surface area (Å²) in [5.74, 6) is 0.555.